The largest absolute Gasteiger partial charge is 0.480 e. The third-order valence-corrected chi connectivity index (χ3v) is 4.60. The normalized spacial score (nSPS) is 15.8. The number of rotatable bonds is 7. The predicted molar refractivity (Wildman–Crippen MR) is 79.1 cm³/mol. The number of thioether (sulfide) groups is 1. The van der Waals surface area contributed by atoms with Crippen molar-refractivity contribution in [2.24, 2.45) is 0 Å². The average Bonchev–Trinajstić information content (AvgIpc) is 3.20. The number of carboxylic acids is 1. The molecule has 7 heteroatoms. The zero-order valence-corrected chi connectivity index (χ0v) is 13.3. The van der Waals surface area contributed by atoms with E-state index < -0.39 is 12.0 Å². The molecule has 1 atom stereocenters. The van der Waals surface area contributed by atoms with Crippen molar-refractivity contribution in [3.8, 4) is 0 Å². The van der Waals surface area contributed by atoms with Gasteiger partial charge in [-0.3, -0.25) is 4.79 Å². The second-order valence-electron chi connectivity index (χ2n) is 5.34. The topological polar surface area (TPSA) is 83.6 Å². The van der Waals surface area contributed by atoms with Crippen LogP contribution in [0.4, 0.5) is 0 Å². The molecule has 1 saturated carbocycles. The lowest BCUT2D eigenvalue weighted by Gasteiger charge is -2.26. The summed E-state index contributed by atoms with van der Waals surface area (Å²) < 4.78 is 5.08. The predicted octanol–water partition coefficient (Wildman–Crippen LogP) is 1.99. The number of aromatic nitrogens is 1. The summed E-state index contributed by atoms with van der Waals surface area (Å²) in [5.74, 6) is 0.631. The van der Waals surface area contributed by atoms with Crippen LogP contribution in [-0.4, -0.2) is 44.9 Å². The Morgan fingerprint density at radius 3 is 2.62 bits per heavy atom. The van der Waals surface area contributed by atoms with E-state index in [1.54, 1.807) is 6.92 Å². The fourth-order valence-electron chi connectivity index (χ4n) is 2.23. The van der Waals surface area contributed by atoms with E-state index in [2.05, 4.69) is 5.16 Å². The van der Waals surface area contributed by atoms with Crippen LogP contribution in [0.2, 0.25) is 0 Å². The fourth-order valence-corrected chi connectivity index (χ4v) is 3.27. The molecule has 2 rings (SSSR count). The van der Waals surface area contributed by atoms with Gasteiger partial charge >= 0.3 is 5.97 Å². The molecule has 0 saturated heterocycles. The molecule has 1 aliphatic carbocycles. The Kier molecular flexibility index (Phi) is 4.92. The number of hydrogen-bond donors (Lipinski definition) is 1. The number of amides is 1. The molecule has 0 bridgehead atoms. The molecule has 1 aromatic heterocycles. The van der Waals surface area contributed by atoms with Gasteiger partial charge in [0.05, 0.1) is 11.4 Å². The van der Waals surface area contributed by atoms with E-state index in [1.807, 2.05) is 13.8 Å². The molecule has 0 aromatic carbocycles. The minimum Gasteiger partial charge on any atom is -0.480 e. The lowest BCUT2D eigenvalue weighted by Crippen LogP contribution is -2.45. The second-order valence-corrected chi connectivity index (χ2v) is 6.33. The van der Waals surface area contributed by atoms with Crippen molar-refractivity contribution in [3.05, 3.63) is 17.0 Å². The van der Waals surface area contributed by atoms with Gasteiger partial charge in [0.1, 0.15) is 11.8 Å². The Labute approximate surface area is 127 Å². The van der Waals surface area contributed by atoms with Gasteiger partial charge in [-0.15, -0.1) is 11.8 Å². The third-order valence-electron chi connectivity index (χ3n) is 3.66. The highest BCUT2D eigenvalue weighted by atomic mass is 32.2. The van der Waals surface area contributed by atoms with E-state index in [4.69, 9.17) is 9.63 Å². The molecular weight excluding hydrogens is 292 g/mol. The van der Waals surface area contributed by atoms with Crippen LogP contribution in [0.3, 0.4) is 0 Å². The Balaban J connectivity index is 1.89. The maximum atomic E-state index is 12.3. The third kappa shape index (κ3) is 3.78. The van der Waals surface area contributed by atoms with Crippen LogP contribution < -0.4 is 0 Å². The van der Waals surface area contributed by atoms with E-state index in [9.17, 15) is 9.59 Å². The van der Waals surface area contributed by atoms with Gasteiger partial charge in [0.2, 0.25) is 5.91 Å². The van der Waals surface area contributed by atoms with E-state index in [1.165, 1.54) is 16.7 Å². The SMILES string of the molecule is Cc1noc(C)c1CSCC(=O)N(C1CC1)C(C)C(=O)O. The van der Waals surface area contributed by atoms with Crippen molar-refractivity contribution in [3.63, 3.8) is 0 Å². The van der Waals surface area contributed by atoms with Crippen molar-refractivity contribution >= 4 is 23.6 Å². The maximum Gasteiger partial charge on any atom is 0.326 e. The van der Waals surface area contributed by atoms with Gasteiger partial charge in [0.15, 0.2) is 0 Å². The first-order valence-electron chi connectivity index (χ1n) is 6.95. The summed E-state index contributed by atoms with van der Waals surface area (Å²) in [7, 11) is 0. The molecule has 0 aliphatic heterocycles. The zero-order valence-electron chi connectivity index (χ0n) is 12.5. The summed E-state index contributed by atoms with van der Waals surface area (Å²) in [6.07, 6.45) is 1.80. The number of hydrogen-bond acceptors (Lipinski definition) is 5. The average molecular weight is 312 g/mol. The lowest BCUT2D eigenvalue weighted by molar-refractivity contribution is -0.148. The maximum absolute atomic E-state index is 12.3. The highest BCUT2D eigenvalue weighted by Gasteiger charge is 2.38. The smallest absolute Gasteiger partial charge is 0.326 e. The van der Waals surface area contributed by atoms with Gasteiger partial charge < -0.3 is 14.5 Å². The molecule has 1 unspecified atom stereocenters. The first-order chi connectivity index (χ1) is 9.91. The summed E-state index contributed by atoms with van der Waals surface area (Å²) in [4.78, 5) is 24.9. The quantitative estimate of drug-likeness (QED) is 0.829. The first-order valence-corrected chi connectivity index (χ1v) is 8.10. The van der Waals surface area contributed by atoms with Gasteiger partial charge in [0, 0.05) is 17.4 Å². The number of nitrogens with zero attached hydrogens (tertiary/aromatic N) is 2. The molecule has 21 heavy (non-hydrogen) atoms. The first kappa shape index (κ1) is 15.9. The number of carbonyl (C=O) groups is 2. The van der Waals surface area contributed by atoms with Gasteiger partial charge in [-0.05, 0) is 33.6 Å². The summed E-state index contributed by atoms with van der Waals surface area (Å²) in [5, 5.41) is 13.0. The standard InChI is InChI=1S/C14H20N2O4S/c1-8-12(10(3)20-15-8)6-21-7-13(17)16(11-4-5-11)9(2)14(18)19/h9,11H,4-7H2,1-3H3,(H,18,19). The van der Waals surface area contributed by atoms with Crippen LogP contribution in [0.25, 0.3) is 0 Å². The summed E-state index contributed by atoms with van der Waals surface area (Å²) >= 11 is 1.47. The van der Waals surface area contributed by atoms with Crippen molar-refractivity contribution < 1.29 is 19.2 Å². The Hall–Kier alpha value is -1.50. The van der Waals surface area contributed by atoms with Crippen molar-refractivity contribution in [1.29, 1.82) is 0 Å². The van der Waals surface area contributed by atoms with E-state index in [0.29, 0.717) is 5.75 Å². The van der Waals surface area contributed by atoms with Crippen LogP contribution in [0, 0.1) is 13.8 Å². The fraction of sp³-hybridized carbons (Fsp3) is 0.643. The minimum absolute atomic E-state index is 0.100. The number of aliphatic carboxylic acids is 1. The lowest BCUT2D eigenvalue weighted by atomic mass is 10.2. The summed E-state index contributed by atoms with van der Waals surface area (Å²) in [6, 6.07) is -0.659. The molecule has 1 aliphatic rings. The molecule has 1 fully saturated rings. The number of carboxylic acid groups (broad SMARTS) is 1. The molecule has 0 radical (unpaired) electrons. The van der Waals surface area contributed by atoms with Crippen LogP contribution in [0.1, 0.15) is 36.8 Å². The van der Waals surface area contributed by atoms with Crippen molar-refractivity contribution in [2.45, 2.75) is 51.4 Å². The van der Waals surface area contributed by atoms with Crippen LogP contribution >= 0.6 is 11.8 Å². The zero-order chi connectivity index (χ0) is 15.6. The van der Waals surface area contributed by atoms with E-state index in [0.717, 1.165) is 29.9 Å². The van der Waals surface area contributed by atoms with E-state index in [-0.39, 0.29) is 17.7 Å². The second kappa shape index (κ2) is 6.51. The molecule has 6 nitrogen and oxygen atoms in total. The monoisotopic (exact) mass is 312 g/mol. The van der Waals surface area contributed by atoms with Gasteiger partial charge in [-0.1, -0.05) is 5.16 Å². The summed E-state index contributed by atoms with van der Waals surface area (Å²) in [6.45, 7) is 5.29. The highest BCUT2D eigenvalue weighted by Crippen LogP contribution is 2.30. The number of aryl methyl sites for hydroxylation is 2. The number of carbonyl (C=O) groups excluding carboxylic acids is 1. The van der Waals surface area contributed by atoms with Gasteiger partial charge in [0.25, 0.3) is 0 Å². The Bertz CT molecular complexity index is 520. The van der Waals surface area contributed by atoms with Crippen LogP contribution in [0.5, 0.6) is 0 Å². The Morgan fingerprint density at radius 2 is 2.14 bits per heavy atom. The van der Waals surface area contributed by atoms with Crippen molar-refractivity contribution in [2.75, 3.05) is 5.75 Å². The molecular formula is C14H20N2O4S. The van der Waals surface area contributed by atoms with E-state index >= 15 is 0 Å². The summed E-state index contributed by atoms with van der Waals surface area (Å²) in [5.41, 5.74) is 1.85. The molecule has 1 amide bonds. The molecule has 1 aromatic rings. The molecule has 0 spiro atoms. The van der Waals surface area contributed by atoms with Gasteiger partial charge in [-0.25, -0.2) is 4.79 Å². The van der Waals surface area contributed by atoms with Crippen LogP contribution in [0.15, 0.2) is 4.52 Å². The molecule has 1 N–H and O–H groups in total. The van der Waals surface area contributed by atoms with Gasteiger partial charge in [-0.2, -0.15) is 0 Å². The molecule has 1 heterocycles. The van der Waals surface area contributed by atoms with Crippen molar-refractivity contribution in [1.82, 2.24) is 10.1 Å². The molecule has 116 valence electrons. The minimum atomic E-state index is -0.953. The highest BCUT2D eigenvalue weighted by molar-refractivity contribution is 7.99. The van der Waals surface area contributed by atoms with Crippen LogP contribution in [-0.2, 0) is 15.3 Å². The Morgan fingerprint density at radius 1 is 1.48 bits per heavy atom.